The predicted octanol–water partition coefficient (Wildman–Crippen LogP) is 4.12. The van der Waals surface area contributed by atoms with Gasteiger partial charge in [-0.15, -0.1) is 17.1 Å². The molecule has 0 radical (unpaired) electrons. The number of fused-ring (bicyclic) bond motifs is 1. The summed E-state index contributed by atoms with van der Waals surface area (Å²) in [7, 11) is 0. The van der Waals surface area contributed by atoms with Gasteiger partial charge in [0.25, 0.3) is 11.6 Å². The Morgan fingerprint density at radius 3 is 2.68 bits per heavy atom. The molecule has 0 aliphatic rings. The number of nitro benzene ring substituents is 1. The third-order valence-corrected chi connectivity index (χ3v) is 5.38. The first-order valence-corrected chi connectivity index (χ1v) is 8.54. The Morgan fingerprint density at radius 1 is 1.20 bits per heavy atom. The fourth-order valence-corrected chi connectivity index (χ4v) is 3.97. The van der Waals surface area contributed by atoms with Crippen LogP contribution in [0, 0.1) is 10.1 Å². The minimum absolute atomic E-state index is 0.128. The number of nitrogens with zero attached hydrogens (tertiary/aromatic N) is 1. The number of hydrogen-bond acceptors (Lipinski definition) is 5. The summed E-state index contributed by atoms with van der Waals surface area (Å²) < 4.78 is 0.766. The topological polar surface area (TPSA) is 95.3 Å². The van der Waals surface area contributed by atoms with Crippen molar-refractivity contribution >= 4 is 56.2 Å². The largest absolute Gasteiger partial charge is 0.872 e. The summed E-state index contributed by atoms with van der Waals surface area (Å²) in [6, 6.07) is 8.49. The summed E-state index contributed by atoms with van der Waals surface area (Å²) in [5.41, 5.74) is -0.0822. The van der Waals surface area contributed by atoms with E-state index in [0.717, 1.165) is 22.9 Å². The van der Waals surface area contributed by atoms with Crippen molar-refractivity contribution < 1.29 is 14.8 Å². The normalized spacial score (nSPS) is 10.8. The molecule has 3 rings (SSSR count). The average molecular weight is 396 g/mol. The lowest BCUT2D eigenvalue weighted by Gasteiger charge is -2.13. The molecule has 3 aromatic rings. The van der Waals surface area contributed by atoms with Gasteiger partial charge in [-0.3, -0.25) is 14.9 Å². The number of thiophene rings is 1. The van der Waals surface area contributed by atoms with Crippen LogP contribution in [0.1, 0.15) is 15.2 Å². The first-order chi connectivity index (χ1) is 11.9. The molecule has 0 atom stereocenters. The van der Waals surface area contributed by atoms with Gasteiger partial charge in [0, 0.05) is 33.8 Å². The van der Waals surface area contributed by atoms with Crippen LogP contribution in [0.4, 0.5) is 5.69 Å². The summed E-state index contributed by atoms with van der Waals surface area (Å²) in [5, 5.41) is 26.7. The van der Waals surface area contributed by atoms with Gasteiger partial charge < -0.3 is 10.4 Å². The number of rotatable bonds is 4. The van der Waals surface area contributed by atoms with Crippen molar-refractivity contribution in [3.8, 4) is 5.75 Å². The molecule has 1 heterocycles. The highest BCUT2D eigenvalue weighted by molar-refractivity contribution is 7.21. The maximum atomic E-state index is 12.4. The molecule has 1 aromatic heterocycles. The molecular formula is C16H9Cl2N2O4S-. The van der Waals surface area contributed by atoms with Crippen LogP contribution in [-0.2, 0) is 6.54 Å². The highest BCUT2D eigenvalue weighted by atomic mass is 35.5. The van der Waals surface area contributed by atoms with Crippen molar-refractivity contribution in [3.05, 3.63) is 67.0 Å². The van der Waals surface area contributed by atoms with E-state index in [1.165, 1.54) is 11.3 Å². The second-order valence-electron chi connectivity index (χ2n) is 5.12. The molecule has 9 heteroatoms. The van der Waals surface area contributed by atoms with Crippen molar-refractivity contribution in [1.29, 1.82) is 0 Å². The molecule has 2 aromatic carbocycles. The Bertz CT molecular complexity index is 1000. The minimum Gasteiger partial charge on any atom is -0.872 e. The molecule has 6 nitrogen and oxygen atoms in total. The number of hydrogen-bond donors (Lipinski definition) is 1. The summed E-state index contributed by atoms with van der Waals surface area (Å²) in [5.74, 6) is -0.853. The van der Waals surface area contributed by atoms with E-state index in [2.05, 4.69) is 5.32 Å². The fourth-order valence-electron chi connectivity index (χ4n) is 2.26. The van der Waals surface area contributed by atoms with Crippen molar-refractivity contribution in [2.75, 3.05) is 0 Å². The molecular weight excluding hydrogens is 387 g/mol. The smallest absolute Gasteiger partial charge is 0.269 e. The number of nitrogens with one attached hydrogen (secondary N) is 1. The standard InChI is InChI=1S/C16H10Cl2N2O4S/c17-9-1-3-11-13(6-9)25-15(14(11)18)16(22)19-7-8-5-10(20(23)24)2-4-12(8)21/h1-6,21H,7H2,(H,19,22)/p-1. The number of carbonyl (C=O) groups is 1. The second-order valence-corrected chi connectivity index (χ2v) is 6.98. The van der Waals surface area contributed by atoms with Crippen LogP contribution in [0.2, 0.25) is 10.0 Å². The molecule has 0 spiro atoms. The first-order valence-electron chi connectivity index (χ1n) is 6.97. The van der Waals surface area contributed by atoms with Crippen molar-refractivity contribution in [3.63, 3.8) is 0 Å². The average Bonchev–Trinajstić information content (AvgIpc) is 2.89. The van der Waals surface area contributed by atoms with Crippen LogP contribution in [0.5, 0.6) is 5.75 Å². The van der Waals surface area contributed by atoms with Crippen LogP contribution in [-0.4, -0.2) is 10.8 Å². The SMILES string of the molecule is O=C(NCc1cc([N+](=O)[O-])ccc1[O-])c1sc2cc(Cl)ccc2c1Cl. The number of benzene rings is 2. The maximum Gasteiger partial charge on any atom is 0.269 e. The summed E-state index contributed by atoms with van der Waals surface area (Å²) in [6.45, 7) is -0.134. The molecule has 0 bridgehead atoms. The van der Waals surface area contributed by atoms with Gasteiger partial charge in [0.05, 0.1) is 9.95 Å². The van der Waals surface area contributed by atoms with Gasteiger partial charge in [-0.05, 0) is 17.7 Å². The molecule has 1 N–H and O–H groups in total. The van der Waals surface area contributed by atoms with Gasteiger partial charge in [-0.2, -0.15) is 0 Å². The number of amides is 1. The number of halogens is 2. The lowest BCUT2D eigenvalue weighted by molar-refractivity contribution is -0.385. The van der Waals surface area contributed by atoms with E-state index in [0.29, 0.717) is 15.4 Å². The third kappa shape index (κ3) is 3.53. The van der Waals surface area contributed by atoms with E-state index in [9.17, 15) is 20.0 Å². The van der Waals surface area contributed by atoms with E-state index in [1.807, 2.05) is 0 Å². The highest BCUT2D eigenvalue weighted by Gasteiger charge is 2.17. The van der Waals surface area contributed by atoms with Gasteiger partial charge in [0.15, 0.2) is 0 Å². The van der Waals surface area contributed by atoms with E-state index in [4.69, 9.17) is 23.2 Å². The van der Waals surface area contributed by atoms with Crippen LogP contribution in [0.15, 0.2) is 36.4 Å². The zero-order valence-electron chi connectivity index (χ0n) is 12.4. The van der Waals surface area contributed by atoms with E-state index in [-0.39, 0.29) is 28.4 Å². The van der Waals surface area contributed by atoms with Crippen LogP contribution in [0.3, 0.4) is 0 Å². The third-order valence-electron chi connectivity index (χ3n) is 3.49. The van der Waals surface area contributed by atoms with Gasteiger partial charge in [-0.1, -0.05) is 35.3 Å². The highest BCUT2D eigenvalue weighted by Crippen LogP contribution is 2.36. The zero-order chi connectivity index (χ0) is 18.1. The molecule has 0 unspecified atom stereocenters. The quantitative estimate of drug-likeness (QED) is 0.530. The molecule has 0 saturated heterocycles. The van der Waals surface area contributed by atoms with Crippen molar-refractivity contribution in [1.82, 2.24) is 5.32 Å². The van der Waals surface area contributed by atoms with Crippen molar-refractivity contribution in [2.45, 2.75) is 6.54 Å². The molecule has 0 fully saturated rings. The molecule has 0 saturated carbocycles. The molecule has 0 aliphatic carbocycles. The van der Waals surface area contributed by atoms with E-state index in [1.54, 1.807) is 18.2 Å². The van der Waals surface area contributed by atoms with Gasteiger partial charge >= 0.3 is 0 Å². The summed E-state index contributed by atoms with van der Waals surface area (Å²) in [6.07, 6.45) is 0. The minimum atomic E-state index is -0.600. The van der Waals surface area contributed by atoms with Crippen LogP contribution >= 0.6 is 34.5 Å². The Kier molecular flexibility index (Phi) is 4.80. The second kappa shape index (κ2) is 6.87. The molecule has 1 amide bonds. The van der Waals surface area contributed by atoms with E-state index >= 15 is 0 Å². The van der Waals surface area contributed by atoms with Crippen LogP contribution < -0.4 is 10.4 Å². The number of non-ortho nitro benzene ring substituents is 1. The van der Waals surface area contributed by atoms with E-state index < -0.39 is 10.8 Å². The molecule has 25 heavy (non-hydrogen) atoms. The Labute approximate surface area is 155 Å². The lowest BCUT2D eigenvalue weighted by atomic mass is 10.1. The van der Waals surface area contributed by atoms with Crippen LogP contribution in [0.25, 0.3) is 10.1 Å². The number of nitro groups is 1. The maximum absolute atomic E-state index is 12.4. The molecule has 128 valence electrons. The van der Waals surface area contributed by atoms with Gasteiger partial charge in [0.2, 0.25) is 0 Å². The van der Waals surface area contributed by atoms with Gasteiger partial charge in [0.1, 0.15) is 4.88 Å². The number of carbonyl (C=O) groups excluding carboxylic acids is 1. The summed E-state index contributed by atoms with van der Waals surface area (Å²) in [4.78, 5) is 22.8. The Hall–Kier alpha value is -2.35. The fraction of sp³-hybridized carbons (Fsp3) is 0.0625. The first kappa shape index (κ1) is 17.5. The van der Waals surface area contributed by atoms with Gasteiger partial charge in [-0.25, -0.2) is 0 Å². The lowest BCUT2D eigenvalue weighted by Crippen LogP contribution is -2.22. The Morgan fingerprint density at radius 2 is 1.96 bits per heavy atom. The Balaban J connectivity index is 1.83. The zero-order valence-corrected chi connectivity index (χ0v) is 14.7. The van der Waals surface area contributed by atoms with Crippen molar-refractivity contribution in [2.24, 2.45) is 0 Å². The monoisotopic (exact) mass is 395 g/mol. The molecule has 0 aliphatic heterocycles. The predicted molar refractivity (Wildman–Crippen MR) is 95.6 cm³/mol. The summed E-state index contributed by atoms with van der Waals surface area (Å²) >= 11 is 13.4.